The molecule has 0 aliphatic carbocycles. The van der Waals surface area contributed by atoms with Crippen molar-refractivity contribution in [1.82, 2.24) is 4.98 Å². The largest absolute Gasteiger partial charge is 0.386 e. The first-order valence-corrected chi connectivity index (χ1v) is 8.83. The number of aromatic nitrogens is 1. The van der Waals surface area contributed by atoms with E-state index in [4.69, 9.17) is 0 Å². The Morgan fingerprint density at radius 1 is 1.23 bits per heavy atom. The number of fused-ring (bicyclic) bond motifs is 1. The van der Waals surface area contributed by atoms with Gasteiger partial charge in [0, 0.05) is 23.5 Å². The summed E-state index contributed by atoms with van der Waals surface area (Å²) in [4.78, 5) is 9.87. The van der Waals surface area contributed by atoms with Gasteiger partial charge in [0.15, 0.2) is 0 Å². The second-order valence-electron chi connectivity index (χ2n) is 5.42. The Hall–Kier alpha value is -2.86. The number of aliphatic imine (C=N–C) groups is 1. The molecule has 0 aliphatic heterocycles. The summed E-state index contributed by atoms with van der Waals surface area (Å²) in [6.45, 7) is 1.65. The molecule has 1 aromatic carbocycles. The summed E-state index contributed by atoms with van der Waals surface area (Å²) in [6.07, 6.45) is 5.95. The fraction of sp³-hybridized carbons (Fsp3) is 0.100. The summed E-state index contributed by atoms with van der Waals surface area (Å²) in [5, 5.41) is 3.80. The predicted molar refractivity (Wildman–Crippen MR) is 107 cm³/mol. The first kappa shape index (κ1) is 17.9. The second kappa shape index (κ2) is 8.01. The third-order valence-electron chi connectivity index (χ3n) is 3.68. The fourth-order valence-electron chi connectivity index (χ4n) is 2.43. The van der Waals surface area contributed by atoms with Gasteiger partial charge in [-0.15, -0.1) is 11.3 Å². The van der Waals surface area contributed by atoms with Crippen molar-refractivity contribution in [2.75, 3.05) is 12.4 Å². The smallest absolute Gasteiger partial charge is 0.212 e. The average Bonchev–Trinajstić information content (AvgIpc) is 3.05. The number of nitrogens with zero attached hydrogens (tertiary/aromatic N) is 2. The first-order chi connectivity index (χ1) is 12.6. The van der Waals surface area contributed by atoms with Crippen LogP contribution in [0.1, 0.15) is 12.6 Å². The van der Waals surface area contributed by atoms with E-state index >= 15 is 0 Å². The monoisotopic (exact) mass is 369 g/mol. The second-order valence-corrected chi connectivity index (χ2v) is 6.45. The third-order valence-corrected chi connectivity index (χ3v) is 4.77. The zero-order valence-electron chi connectivity index (χ0n) is 14.3. The van der Waals surface area contributed by atoms with Crippen LogP contribution in [-0.2, 0) is 0 Å². The molecule has 0 bridgehead atoms. The number of hydrogen-bond donors (Lipinski definition) is 1. The van der Waals surface area contributed by atoms with E-state index in [0.29, 0.717) is 11.4 Å². The van der Waals surface area contributed by atoms with E-state index in [-0.39, 0.29) is 5.82 Å². The summed E-state index contributed by atoms with van der Waals surface area (Å²) in [5.74, 6) is -0.849. The Kier molecular flexibility index (Phi) is 5.53. The topological polar surface area (TPSA) is 37.3 Å². The first-order valence-electron chi connectivity index (χ1n) is 8.01. The van der Waals surface area contributed by atoms with Gasteiger partial charge in [-0.25, -0.2) is 14.4 Å². The van der Waals surface area contributed by atoms with Gasteiger partial charge in [0.05, 0.1) is 11.4 Å². The SMILES string of the molecule is C\C=N/C(F)=C\C=C\c1ccc2cc(-c3ccc(NC)c(F)c3)sc2n1. The number of hydrogen-bond acceptors (Lipinski definition) is 4. The maximum Gasteiger partial charge on any atom is 0.212 e. The molecule has 0 amide bonds. The van der Waals surface area contributed by atoms with Crippen molar-refractivity contribution in [3.8, 4) is 10.4 Å². The molecular weight excluding hydrogens is 352 g/mol. The molecule has 0 atom stereocenters. The zero-order chi connectivity index (χ0) is 18.5. The van der Waals surface area contributed by atoms with E-state index in [1.807, 2.05) is 24.3 Å². The number of anilines is 1. The predicted octanol–water partition coefficient (Wildman–Crippen LogP) is 6.06. The van der Waals surface area contributed by atoms with Crippen molar-refractivity contribution in [3.05, 3.63) is 66.0 Å². The lowest BCUT2D eigenvalue weighted by Gasteiger charge is -2.03. The molecule has 132 valence electrons. The lowest BCUT2D eigenvalue weighted by molar-refractivity contribution is 0.629. The van der Waals surface area contributed by atoms with Crippen molar-refractivity contribution in [2.24, 2.45) is 4.99 Å². The van der Waals surface area contributed by atoms with E-state index in [0.717, 1.165) is 20.7 Å². The van der Waals surface area contributed by atoms with Crippen molar-refractivity contribution < 1.29 is 8.78 Å². The lowest BCUT2D eigenvalue weighted by atomic mass is 10.1. The minimum atomic E-state index is -0.560. The van der Waals surface area contributed by atoms with Crippen molar-refractivity contribution >= 4 is 39.5 Å². The molecular formula is C20H17F2N3S. The van der Waals surface area contributed by atoms with Gasteiger partial charge in [-0.3, -0.25) is 0 Å². The molecule has 0 aliphatic rings. The van der Waals surface area contributed by atoms with E-state index in [1.165, 1.54) is 29.7 Å². The fourth-order valence-corrected chi connectivity index (χ4v) is 3.47. The molecule has 0 radical (unpaired) electrons. The van der Waals surface area contributed by atoms with Crippen LogP contribution >= 0.6 is 11.3 Å². The van der Waals surface area contributed by atoms with Crippen LogP contribution in [0.25, 0.3) is 26.7 Å². The van der Waals surface area contributed by atoms with Crippen molar-refractivity contribution in [2.45, 2.75) is 6.92 Å². The third kappa shape index (κ3) is 4.03. The molecule has 0 unspecified atom stereocenters. The maximum absolute atomic E-state index is 14.0. The van der Waals surface area contributed by atoms with E-state index < -0.39 is 5.95 Å². The van der Waals surface area contributed by atoms with Crippen LogP contribution in [0, 0.1) is 5.82 Å². The lowest BCUT2D eigenvalue weighted by Crippen LogP contribution is -1.91. The Labute approximate surface area is 154 Å². The van der Waals surface area contributed by atoms with Crippen molar-refractivity contribution in [1.29, 1.82) is 0 Å². The van der Waals surface area contributed by atoms with Gasteiger partial charge in [0.25, 0.3) is 0 Å². The van der Waals surface area contributed by atoms with Crippen LogP contribution in [0.5, 0.6) is 0 Å². The van der Waals surface area contributed by atoms with Crippen LogP contribution in [0.15, 0.2) is 59.5 Å². The Bertz CT molecular complexity index is 1020. The Morgan fingerprint density at radius 2 is 2.08 bits per heavy atom. The molecule has 0 fully saturated rings. The molecule has 2 aromatic heterocycles. The molecule has 2 heterocycles. The highest BCUT2D eigenvalue weighted by atomic mass is 32.1. The highest BCUT2D eigenvalue weighted by Gasteiger charge is 2.08. The summed E-state index contributed by atoms with van der Waals surface area (Å²) >= 11 is 1.49. The molecule has 1 N–H and O–H groups in total. The quantitative estimate of drug-likeness (QED) is 0.337. The normalized spacial score (nSPS) is 12.5. The standard InChI is InChI=1S/C20H17F2N3S/c1-3-24-19(22)6-4-5-15-9-7-14-12-18(26-20(14)25-15)13-8-10-17(23-2)16(21)11-13/h3-12,23H,1-2H3/b5-4+,19-6-,24-3-. The summed E-state index contributed by atoms with van der Waals surface area (Å²) in [5.41, 5.74) is 1.99. The summed E-state index contributed by atoms with van der Waals surface area (Å²) in [7, 11) is 1.69. The number of pyridine rings is 1. The number of rotatable bonds is 5. The Balaban J connectivity index is 1.89. The Morgan fingerprint density at radius 3 is 2.81 bits per heavy atom. The molecule has 0 saturated heterocycles. The number of halogens is 2. The molecule has 3 aromatic rings. The molecule has 3 rings (SSSR count). The van der Waals surface area contributed by atoms with Gasteiger partial charge >= 0.3 is 0 Å². The highest BCUT2D eigenvalue weighted by Crippen LogP contribution is 2.34. The van der Waals surface area contributed by atoms with Crippen LogP contribution in [0.4, 0.5) is 14.5 Å². The number of nitrogens with one attached hydrogen (secondary N) is 1. The minimum absolute atomic E-state index is 0.289. The number of thiophene rings is 1. The van der Waals surface area contributed by atoms with E-state index in [1.54, 1.807) is 32.2 Å². The van der Waals surface area contributed by atoms with Crippen LogP contribution < -0.4 is 5.32 Å². The van der Waals surface area contributed by atoms with Crippen LogP contribution in [0.3, 0.4) is 0 Å². The summed E-state index contributed by atoms with van der Waals surface area (Å²) < 4.78 is 27.2. The molecule has 3 nitrogen and oxygen atoms in total. The summed E-state index contributed by atoms with van der Waals surface area (Å²) in [6, 6.07) is 10.9. The maximum atomic E-state index is 14.0. The van der Waals surface area contributed by atoms with Gasteiger partial charge < -0.3 is 5.32 Å². The zero-order valence-corrected chi connectivity index (χ0v) is 15.1. The highest BCUT2D eigenvalue weighted by molar-refractivity contribution is 7.21. The minimum Gasteiger partial charge on any atom is -0.386 e. The van der Waals surface area contributed by atoms with E-state index in [9.17, 15) is 8.78 Å². The molecule has 0 spiro atoms. The number of benzene rings is 1. The van der Waals surface area contributed by atoms with Gasteiger partial charge in [-0.05, 0) is 55.0 Å². The van der Waals surface area contributed by atoms with Crippen LogP contribution in [0.2, 0.25) is 0 Å². The van der Waals surface area contributed by atoms with Gasteiger partial charge in [0.1, 0.15) is 10.6 Å². The van der Waals surface area contributed by atoms with Crippen LogP contribution in [-0.4, -0.2) is 18.2 Å². The average molecular weight is 369 g/mol. The molecule has 0 saturated carbocycles. The van der Waals surface area contributed by atoms with Gasteiger partial charge in [-0.1, -0.05) is 12.1 Å². The molecule has 26 heavy (non-hydrogen) atoms. The van der Waals surface area contributed by atoms with E-state index in [2.05, 4.69) is 15.3 Å². The van der Waals surface area contributed by atoms with Gasteiger partial charge in [0.2, 0.25) is 5.95 Å². The van der Waals surface area contributed by atoms with Gasteiger partial charge in [-0.2, -0.15) is 4.39 Å². The number of allylic oxidation sites excluding steroid dienone is 2. The molecule has 6 heteroatoms. The van der Waals surface area contributed by atoms with Crippen molar-refractivity contribution in [3.63, 3.8) is 0 Å².